The van der Waals surface area contributed by atoms with Gasteiger partial charge in [0.2, 0.25) is 0 Å². The number of nitrogens with two attached hydrogens (primary N) is 1. The maximum Gasteiger partial charge on any atom is 0.343 e. The van der Waals surface area contributed by atoms with Crippen LogP contribution in [0.25, 0.3) is 5.65 Å². The fourth-order valence-corrected chi connectivity index (χ4v) is 2.42. The predicted octanol–water partition coefficient (Wildman–Crippen LogP) is 0.905. The molecule has 138 valence electrons. The van der Waals surface area contributed by atoms with Crippen LogP contribution in [-0.2, 0) is 11.2 Å². The molecule has 0 spiro atoms. The molecule has 2 aromatic heterocycles. The van der Waals surface area contributed by atoms with Gasteiger partial charge >= 0.3 is 11.9 Å². The molecule has 0 saturated heterocycles. The highest BCUT2D eigenvalue weighted by Crippen LogP contribution is 2.21. The van der Waals surface area contributed by atoms with Crippen LogP contribution in [0.1, 0.15) is 16.1 Å². The number of fused-ring (bicyclic) bond motifs is 1. The number of pyridine rings is 1. The molecule has 0 unspecified atom stereocenters. The summed E-state index contributed by atoms with van der Waals surface area (Å²) in [5, 5.41) is 20.3. The highest BCUT2D eigenvalue weighted by atomic mass is 16.5. The van der Waals surface area contributed by atoms with Gasteiger partial charge in [-0.2, -0.15) is 5.10 Å². The molecule has 27 heavy (non-hydrogen) atoms. The van der Waals surface area contributed by atoms with Crippen molar-refractivity contribution < 1.29 is 19.4 Å². The topological polar surface area (TPSA) is 147 Å². The number of nitrogens with zero attached hydrogens (tertiary/aromatic N) is 4. The van der Waals surface area contributed by atoms with Crippen LogP contribution in [0.5, 0.6) is 5.75 Å². The zero-order chi connectivity index (χ0) is 19.6. The van der Waals surface area contributed by atoms with Crippen LogP contribution in [0, 0.1) is 5.41 Å². The Morgan fingerprint density at radius 2 is 1.96 bits per heavy atom. The second kappa shape index (κ2) is 7.12. The minimum absolute atomic E-state index is 0.124. The van der Waals surface area contributed by atoms with Crippen molar-refractivity contribution in [3.63, 3.8) is 0 Å². The monoisotopic (exact) mass is 368 g/mol. The van der Waals surface area contributed by atoms with E-state index in [0.717, 1.165) is 0 Å². The molecular weight excluding hydrogens is 352 g/mol. The molecule has 0 atom stereocenters. The molecule has 0 saturated carbocycles. The van der Waals surface area contributed by atoms with Crippen LogP contribution < -0.4 is 15.4 Å². The second-order valence-electron chi connectivity index (χ2n) is 5.64. The number of hydrogen-bond donors (Lipinski definition) is 3. The van der Waals surface area contributed by atoms with E-state index in [-0.39, 0.29) is 23.8 Å². The SMILES string of the molecule is CN(C(=N)N)c1ccc(C(=O)Oc2ccc(CC(=O)O)n3ncnc23)cc1. The Hall–Kier alpha value is -3.95. The van der Waals surface area contributed by atoms with Gasteiger partial charge in [-0.15, -0.1) is 0 Å². The number of ether oxygens (including phenoxy) is 1. The van der Waals surface area contributed by atoms with Crippen molar-refractivity contribution in [2.24, 2.45) is 5.73 Å². The van der Waals surface area contributed by atoms with E-state index in [0.29, 0.717) is 16.9 Å². The van der Waals surface area contributed by atoms with Gasteiger partial charge < -0.3 is 20.5 Å². The normalized spacial score (nSPS) is 10.6. The summed E-state index contributed by atoms with van der Waals surface area (Å²) < 4.78 is 6.71. The van der Waals surface area contributed by atoms with Crippen LogP contribution in [0.2, 0.25) is 0 Å². The Kier molecular flexibility index (Phi) is 4.71. The van der Waals surface area contributed by atoms with Gasteiger partial charge in [0.25, 0.3) is 0 Å². The summed E-state index contributed by atoms with van der Waals surface area (Å²) in [6.45, 7) is 0. The molecule has 0 amide bonds. The molecule has 3 aromatic rings. The third-order valence-corrected chi connectivity index (χ3v) is 3.85. The lowest BCUT2D eigenvalue weighted by atomic mass is 10.2. The number of anilines is 1. The van der Waals surface area contributed by atoms with Crippen molar-refractivity contribution in [2.45, 2.75) is 6.42 Å². The fraction of sp³-hybridized carbons (Fsp3) is 0.118. The Morgan fingerprint density at radius 3 is 2.59 bits per heavy atom. The molecule has 2 heterocycles. The minimum Gasteiger partial charge on any atom is -0.481 e. The number of aliphatic carboxylic acids is 1. The third kappa shape index (κ3) is 3.68. The lowest BCUT2D eigenvalue weighted by Crippen LogP contribution is -2.32. The number of carbonyl (C=O) groups is 2. The highest BCUT2D eigenvalue weighted by molar-refractivity contribution is 5.94. The molecule has 3 rings (SSSR count). The number of nitrogens with one attached hydrogen (secondary N) is 1. The number of esters is 1. The lowest BCUT2D eigenvalue weighted by Gasteiger charge is -2.16. The molecule has 0 radical (unpaired) electrons. The number of carbonyl (C=O) groups excluding carboxylic acids is 1. The van der Waals surface area contributed by atoms with Crippen molar-refractivity contribution in [3.05, 3.63) is 54.0 Å². The molecular formula is C17H16N6O4. The lowest BCUT2D eigenvalue weighted by molar-refractivity contribution is -0.136. The first-order valence-corrected chi connectivity index (χ1v) is 7.80. The van der Waals surface area contributed by atoms with Gasteiger partial charge in [-0.3, -0.25) is 10.2 Å². The number of carboxylic acid groups (broad SMARTS) is 1. The van der Waals surface area contributed by atoms with Gasteiger partial charge in [0.1, 0.15) is 6.33 Å². The van der Waals surface area contributed by atoms with Gasteiger partial charge in [0, 0.05) is 12.7 Å². The Labute approximate surface area is 153 Å². The Balaban J connectivity index is 1.83. The van der Waals surface area contributed by atoms with Gasteiger partial charge in [0.05, 0.1) is 17.7 Å². The quantitative estimate of drug-likeness (QED) is 0.342. The first-order valence-electron chi connectivity index (χ1n) is 7.80. The van der Waals surface area contributed by atoms with E-state index in [1.807, 2.05) is 0 Å². The Morgan fingerprint density at radius 1 is 1.26 bits per heavy atom. The van der Waals surface area contributed by atoms with E-state index in [1.54, 1.807) is 31.3 Å². The standard InChI is InChI=1S/C17H16N6O4/c1-22(17(18)19)11-4-2-10(3-5-11)16(26)27-13-7-6-12(8-14(24)25)23-15(13)20-9-21-23/h2-7,9H,8H2,1H3,(H3,18,19)(H,24,25). The largest absolute Gasteiger partial charge is 0.481 e. The smallest absolute Gasteiger partial charge is 0.343 e. The average Bonchev–Trinajstić information content (AvgIpc) is 3.13. The van der Waals surface area contributed by atoms with Crippen LogP contribution in [0.3, 0.4) is 0 Å². The molecule has 10 nitrogen and oxygen atoms in total. The van der Waals surface area contributed by atoms with E-state index in [1.165, 1.54) is 27.9 Å². The maximum absolute atomic E-state index is 12.4. The van der Waals surface area contributed by atoms with Gasteiger partial charge in [-0.05, 0) is 36.4 Å². The van der Waals surface area contributed by atoms with Gasteiger partial charge in [-0.25, -0.2) is 14.3 Å². The van der Waals surface area contributed by atoms with Crippen LogP contribution >= 0.6 is 0 Å². The zero-order valence-corrected chi connectivity index (χ0v) is 14.3. The van der Waals surface area contributed by atoms with E-state index in [4.69, 9.17) is 21.0 Å². The molecule has 0 aliphatic rings. The first kappa shape index (κ1) is 17.9. The number of carboxylic acids is 1. The van der Waals surface area contributed by atoms with Crippen LogP contribution in [0.15, 0.2) is 42.7 Å². The first-order chi connectivity index (χ1) is 12.9. The molecule has 0 bridgehead atoms. The van der Waals surface area contributed by atoms with Crippen molar-refractivity contribution in [1.29, 1.82) is 5.41 Å². The fourth-order valence-electron chi connectivity index (χ4n) is 2.42. The maximum atomic E-state index is 12.4. The summed E-state index contributed by atoms with van der Waals surface area (Å²) in [6, 6.07) is 9.39. The zero-order valence-electron chi connectivity index (χ0n) is 14.3. The minimum atomic E-state index is -1.01. The van der Waals surface area contributed by atoms with Gasteiger partial charge in [0.15, 0.2) is 17.4 Å². The van der Waals surface area contributed by atoms with Crippen LogP contribution in [0.4, 0.5) is 5.69 Å². The van der Waals surface area contributed by atoms with Crippen molar-refractivity contribution in [1.82, 2.24) is 14.6 Å². The van der Waals surface area contributed by atoms with E-state index in [9.17, 15) is 9.59 Å². The molecule has 4 N–H and O–H groups in total. The number of guanidine groups is 1. The van der Waals surface area contributed by atoms with Gasteiger partial charge in [-0.1, -0.05) is 0 Å². The second-order valence-corrected chi connectivity index (χ2v) is 5.64. The Bertz CT molecular complexity index is 1030. The van der Waals surface area contributed by atoms with E-state index in [2.05, 4.69) is 10.1 Å². The summed E-state index contributed by atoms with van der Waals surface area (Å²) in [7, 11) is 1.64. The third-order valence-electron chi connectivity index (χ3n) is 3.85. The molecule has 0 fully saturated rings. The number of rotatable bonds is 5. The summed E-state index contributed by atoms with van der Waals surface area (Å²) in [5.41, 5.74) is 7.02. The average molecular weight is 368 g/mol. The van der Waals surface area contributed by atoms with Crippen molar-refractivity contribution >= 4 is 29.2 Å². The highest BCUT2D eigenvalue weighted by Gasteiger charge is 2.16. The molecule has 0 aliphatic heterocycles. The van der Waals surface area contributed by atoms with E-state index < -0.39 is 11.9 Å². The van der Waals surface area contributed by atoms with E-state index >= 15 is 0 Å². The summed E-state index contributed by atoms with van der Waals surface area (Å²) in [6.07, 6.45) is 1.02. The van der Waals surface area contributed by atoms with Crippen molar-refractivity contribution in [2.75, 3.05) is 11.9 Å². The summed E-state index contributed by atoms with van der Waals surface area (Å²) in [5.74, 6) is -1.58. The molecule has 0 aliphatic carbocycles. The molecule has 10 heteroatoms. The summed E-state index contributed by atoms with van der Waals surface area (Å²) in [4.78, 5) is 28.8. The summed E-state index contributed by atoms with van der Waals surface area (Å²) >= 11 is 0. The van der Waals surface area contributed by atoms with Crippen molar-refractivity contribution in [3.8, 4) is 5.75 Å². The predicted molar refractivity (Wildman–Crippen MR) is 96.0 cm³/mol. The molecule has 1 aromatic carbocycles. The number of hydrogen-bond acceptors (Lipinski definition) is 6. The number of aromatic nitrogens is 3. The number of benzene rings is 1. The van der Waals surface area contributed by atoms with Crippen LogP contribution in [-0.4, -0.2) is 44.7 Å².